The molecule has 4 aromatic rings. The molecule has 0 radical (unpaired) electrons. The molecule has 50 heavy (non-hydrogen) atoms. The molecule has 0 atom stereocenters. The average molecular weight is 669 g/mol. The number of allylic oxidation sites excluding steroid dienone is 1. The summed E-state index contributed by atoms with van der Waals surface area (Å²) in [5, 5.41) is 9.43. The summed E-state index contributed by atoms with van der Waals surface area (Å²) in [7, 11) is 0. The van der Waals surface area contributed by atoms with Gasteiger partial charge in [0, 0.05) is 6.92 Å². The SMILES string of the molecule is CC(=Cc1ccc(O)cc1)c1ccc2c(c1)C(C)(C)CCC2(C)C.CC(=O)Oc1ccc(C=Cc2ccc3c(c2)C(C)(C)CCC3(C)C)cc1. The monoisotopic (exact) mass is 668 g/mol. The van der Waals surface area contributed by atoms with Gasteiger partial charge in [0.1, 0.15) is 11.5 Å². The van der Waals surface area contributed by atoms with Gasteiger partial charge < -0.3 is 9.84 Å². The Hall–Kier alpha value is -4.37. The van der Waals surface area contributed by atoms with Crippen LogP contribution in [0.4, 0.5) is 0 Å². The summed E-state index contributed by atoms with van der Waals surface area (Å²) in [6, 6.07) is 28.8. The molecule has 3 heteroatoms. The minimum absolute atomic E-state index is 0.223. The summed E-state index contributed by atoms with van der Waals surface area (Å²) in [6.07, 6.45) is 11.4. The highest BCUT2D eigenvalue weighted by Gasteiger charge is 2.38. The molecule has 262 valence electrons. The van der Waals surface area contributed by atoms with E-state index in [0.717, 1.165) is 11.1 Å². The van der Waals surface area contributed by atoms with Crippen LogP contribution in [-0.2, 0) is 26.5 Å². The van der Waals surface area contributed by atoms with Crippen LogP contribution in [0.2, 0.25) is 0 Å². The van der Waals surface area contributed by atoms with Crippen molar-refractivity contribution in [2.45, 2.75) is 117 Å². The van der Waals surface area contributed by atoms with Crippen LogP contribution in [0.15, 0.2) is 84.9 Å². The number of carbonyl (C=O) groups excluding carboxylic acids is 1. The number of hydrogen-bond acceptors (Lipinski definition) is 3. The van der Waals surface area contributed by atoms with Gasteiger partial charge in [-0.05, 0) is 129 Å². The number of esters is 1. The molecule has 2 aliphatic rings. The van der Waals surface area contributed by atoms with Crippen molar-refractivity contribution in [2.24, 2.45) is 0 Å². The molecule has 0 amide bonds. The standard InChI is InChI=1S/C24H28O2.C23H28O/c1-17(25)26-20-11-8-18(9-12-20)6-7-19-10-13-21-22(16-19)24(4,5)15-14-23(21,2)3;1-16(14-17-6-9-19(24)10-7-17)18-8-11-20-21(15-18)23(4,5)13-12-22(20,2)3/h6-13,16H,14-15H2,1-5H3;6-11,14-15,24H,12-13H2,1-5H3. The second kappa shape index (κ2) is 14.1. The number of hydrogen-bond donors (Lipinski definition) is 1. The van der Waals surface area contributed by atoms with E-state index in [1.807, 2.05) is 36.4 Å². The third-order valence-corrected chi connectivity index (χ3v) is 11.1. The summed E-state index contributed by atoms with van der Waals surface area (Å²) in [5.74, 6) is 0.586. The molecule has 0 aliphatic heterocycles. The van der Waals surface area contributed by atoms with Crippen molar-refractivity contribution in [3.63, 3.8) is 0 Å². The topological polar surface area (TPSA) is 46.5 Å². The van der Waals surface area contributed by atoms with Crippen LogP contribution >= 0.6 is 0 Å². The Bertz CT molecular complexity index is 1900. The summed E-state index contributed by atoms with van der Waals surface area (Å²) in [5.41, 5.74) is 12.9. The van der Waals surface area contributed by atoms with Gasteiger partial charge in [0.2, 0.25) is 0 Å². The maximum absolute atomic E-state index is 11.0. The van der Waals surface area contributed by atoms with Gasteiger partial charge in [0.05, 0.1) is 0 Å². The number of fused-ring (bicyclic) bond motifs is 2. The maximum Gasteiger partial charge on any atom is 0.308 e. The predicted molar refractivity (Wildman–Crippen MR) is 212 cm³/mol. The third-order valence-electron chi connectivity index (χ3n) is 11.1. The van der Waals surface area contributed by atoms with Crippen molar-refractivity contribution in [3.05, 3.63) is 129 Å². The van der Waals surface area contributed by atoms with Crippen molar-refractivity contribution < 1.29 is 14.6 Å². The molecule has 4 aromatic carbocycles. The summed E-state index contributed by atoms with van der Waals surface area (Å²) < 4.78 is 5.07. The summed E-state index contributed by atoms with van der Waals surface area (Å²) >= 11 is 0. The number of aromatic hydroxyl groups is 1. The fourth-order valence-corrected chi connectivity index (χ4v) is 7.45. The lowest BCUT2D eigenvalue weighted by atomic mass is 9.63. The molecule has 0 spiro atoms. The van der Waals surface area contributed by atoms with Crippen molar-refractivity contribution in [1.29, 1.82) is 0 Å². The van der Waals surface area contributed by atoms with Gasteiger partial charge in [-0.2, -0.15) is 0 Å². The van der Waals surface area contributed by atoms with Crippen molar-refractivity contribution in [3.8, 4) is 11.5 Å². The first-order chi connectivity index (χ1) is 23.4. The molecule has 0 saturated carbocycles. The van der Waals surface area contributed by atoms with E-state index >= 15 is 0 Å². The molecular formula is C47H56O3. The van der Waals surface area contributed by atoms with Gasteiger partial charge in [-0.1, -0.05) is 134 Å². The zero-order valence-electron chi connectivity index (χ0n) is 31.9. The molecule has 0 aromatic heterocycles. The molecule has 6 rings (SSSR count). The lowest BCUT2D eigenvalue weighted by molar-refractivity contribution is -0.131. The highest BCUT2D eigenvalue weighted by molar-refractivity contribution is 5.81. The van der Waals surface area contributed by atoms with E-state index in [1.54, 1.807) is 12.1 Å². The number of phenolic OH excluding ortho intramolecular Hbond substituents is 1. The van der Waals surface area contributed by atoms with Gasteiger partial charge in [-0.15, -0.1) is 0 Å². The number of carbonyl (C=O) groups is 1. The zero-order chi connectivity index (χ0) is 36.5. The Kier molecular flexibility index (Phi) is 10.4. The Labute approximate surface area is 301 Å². The fraction of sp³-hybridized carbons (Fsp3) is 0.383. The smallest absolute Gasteiger partial charge is 0.308 e. The van der Waals surface area contributed by atoms with E-state index in [-0.39, 0.29) is 27.6 Å². The molecule has 0 fully saturated rings. The van der Waals surface area contributed by atoms with Gasteiger partial charge in [-0.3, -0.25) is 4.79 Å². The van der Waals surface area contributed by atoms with E-state index in [4.69, 9.17) is 4.74 Å². The molecule has 0 heterocycles. The van der Waals surface area contributed by atoms with Crippen molar-refractivity contribution >= 4 is 29.8 Å². The Morgan fingerprint density at radius 3 is 1.54 bits per heavy atom. The molecule has 1 N–H and O–H groups in total. The first-order valence-electron chi connectivity index (χ1n) is 18.1. The van der Waals surface area contributed by atoms with E-state index in [1.165, 1.54) is 71.6 Å². The van der Waals surface area contributed by atoms with Gasteiger partial charge in [0.15, 0.2) is 0 Å². The van der Waals surface area contributed by atoms with Crippen LogP contribution in [0, 0.1) is 0 Å². The Morgan fingerprint density at radius 2 is 1.00 bits per heavy atom. The number of phenols is 1. The van der Waals surface area contributed by atoms with E-state index in [0.29, 0.717) is 11.5 Å². The quantitative estimate of drug-likeness (QED) is 0.131. The predicted octanol–water partition coefficient (Wildman–Crippen LogP) is 12.4. The molecule has 0 unspecified atom stereocenters. The first-order valence-corrected chi connectivity index (χ1v) is 18.1. The lowest BCUT2D eigenvalue weighted by Crippen LogP contribution is -2.33. The maximum atomic E-state index is 11.0. The Balaban J connectivity index is 0.000000195. The van der Waals surface area contributed by atoms with E-state index in [2.05, 4.69) is 117 Å². The highest BCUT2D eigenvalue weighted by atomic mass is 16.5. The molecule has 0 bridgehead atoms. The second-order valence-corrected chi connectivity index (χ2v) is 17.0. The number of benzene rings is 4. The minimum Gasteiger partial charge on any atom is -0.508 e. The number of ether oxygens (including phenoxy) is 1. The normalized spacial score (nSPS) is 18.3. The average Bonchev–Trinajstić information content (AvgIpc) is 3.06. The second-order valence-electron chi connectivity index (χ2n) is 17.0. The van der Waals surface area contributed by atoms with Crippen LogP contribution in [0.5, 0.6) is 11.5 Å². The molecule has 3 nitrogen and oxygen atoms in total. The van der Waals surface area contributed by atoms with Crippen LogP contribution in [0.3, 0.4) is 0 Å². The van der Waals surface area contributed by atoms with E-state index in [9.17, 15) is 9.90 Å². The number of rotatable bonds is 5. The summed E-state index contributed by atoms with van der Waals surface area (Å²) in [6.45, 7) is 22.4. The van der Waals surface area contributed by atoms with Crippen LogP contribution in [0.25, 0.3) is 23.8 Å². The zero-order valence-corrected chi connectivity index (χ0v) is 31.9. The molecule has 2 aliphatic carbocycles. The lowest BCUT2D eigenvalue weighted by Gasteiger charge is -2.42. The van der Waals surface area contributed by atoms with Crippen LogP contribution in [-0.4, -0.2) is 11.1 Å². The van der Waals surface area contributed by atoms with Crippen molar-refractivity contribution in [1.82, 2.24) is 0 Å². The van der Waals surface area contributed by atoms with Crippen molar-refractivity contribution in [2.75, 3.05) is 0 Å². The van der Waals surface area contributed by atoms with E-state index < -0.39 is 0 Å². The molecule has 0 saturated heterocycles. The summed E-state index contributed by atoms with van der Waals surface area (Å²) in [4.78, 5) is 11.0. The van der Waals surface area contributed by atoms with Crippen LogP contribution < -0.4 is 4.74 Å². The first kappa shape index (κ1) is 36.9. The van der Waals surface area contributed by atoms with Gasteiger partial charge in [0.25, 0.3) is 0 Å². The minimum atomic E-state index is -0.298. The van der Waals surface area contributed by atoms with Gasteiger partial charge in [-0.25, -0.2) is 0 Å². The fourth-order valence-electron chi connectivity index (χ4n) is 7.45. The van der Waals surface area contributed by atoms with Crippen LogP contribution in [0.1, 0.15) is 139 Å². The van der Waals surface area contributed by atoms with Gasteiger partial charge >= 0.3 is 5.97 Å². The molecular weight excluding hydrogens is 613 g/mol. The third kappa shape index (κ3) is 8.49. The Morgan fingerprint density at radius 1 is 0.560 bits per heavy atom. The largest absolute Gasteiger partial charge is 0.508 e. The highest BCUT2D eigenvalue weighted by Crippen LogP contribution is 2.47.